The van der Waals surface area contributed by atoms with Crippen LogP contribution in [0.25, 0.3) is 0 Å². The number of anilines is 1. The zero-order valence-corrected chi connectivity index (χ0v) is 9.85. The molecule has 2 amide bonds. The molecule has 1 aromatic rings. The molecule has 1 aromatic carbocycles. The van der Waals surface area contributed by atoms with E-state index in [1.807, 2.05) is 32.0 Å². The highest BCUT2D eigenvalue weighted by atomic mass is 32.2. The Morgan fingerprint density at radius 1 is 1.31 bits per heavy atom. The number of nitrogens with one attached hydrogen (secondary N) is 2. The molecule has 1 heterocycles. The minimum Gasteiger partial charge on any atom is -0.365 e. The number of hydrogen-bond donors (Lipinski definition) is 2. The monoisotopic (exact) mass is 236 g/mol. The Bertz CT molecular complexity index is 459. The van der Waals surface area contributed by atoms with Gasteiger partial charge in [-0.25, -0.2) is 0 Å². The number of aryl methyl sites for hydroxylation is 2. The maximum Gasteiger partial charge on any atom is 0.288 e. The fourth-order valence-corrected chi connectivity index (χ4v) is 2.29. The van der Waals surface area contributed by atoms with Crippen molar-refractivity contribution >= 4 is 28.6 Å². The second kappa shape index (κ2) is 4.17. The molecule has 1 fully saturated rings. The first kappa shape index (κ1) is 11.0. The first-order valence-corrected chi connectivity index (χ1v) is 5.79. The third-order valence-corrected chi connectivity index (χ3v) is 3.24. The Kier molecular flexibility index (Phi) is 2.87. The lowest BCUT2D eigenvalue weighted by Gasteiger charge is -2.12. The molecule has 5 heteroatoms. The first-order chi connectivity index (χ1) is 7.56. The van der Waals surface area contributed by atoms with Crippen LogP contribution in [0.5, 0.6) is 0 Å². The minimum atomic E-state index is -0.520. The predicted molar refractivity (Wildman–Crippen MR) is 64.5 cm³/mol. The number of imide groups is 1. The van der Waals surface area contributed by atoms with Crippen LogP contribution in [0.1, 0.15) is 11.1 Å². The van der Waals surface area contributed by atoms with Gasteiger partial charge < -0.3 is 5.32 Å². The van der Waals surface area contributed by atoms with Crippen LogP contribution in [0.4, 0.5) is 10.5 Å². The van der Waals surface area contributed by atoms with Gasteiger partial charge in [0.15, 0.2) is 5.37 Å². The van der Waals surface area contributed by atoms with Crippen LogP contribution < -0.4 is 10.6 Å². The third-order valence-electron chi connectivity index (χ3n) is 2.36. The van der Waals surface area contributed by atoms with Crippen molar-refractivity contribution in [2.24, 2.45) is 0 Å². The SMILES string of the molecule is Cc1ccc(N[C@H]2SC(=O)NC2=O)c(C)c1. The number of thioether (sulfide) groups is 1. The topological polar surface area (TPSA) is 58.2 Å². The summed E-state index contributed by atoms with van der Waals surface area (Å²) in [5.41, 5.74) is 3.11. The van der Waals surface area contributed by atoms with Crippen molar-refractivity contribution in [2.75, 3.05) is 5.32 Å². The van der Waals surface area contributed by atoms with Crippen LogP contribution >= 0.6 is 11.8 Å². The number of rotatable bonds is 2. The Labute approximate surface area is 97.8 Å². The lowest BCUT2D eigenvalue weighted by Crippen LogP contribution is -2.29. The lowest BCUT2D eigenvalue weighted by molar-refractivity contribution is -0.118. The van der Waals surface area contributed by atoms with E-state index in [-0.39, 0.29) is 11.1 Å². The van der Waals surface area contributed by atoms with Crippen molar-refractivity contribution in [3.05, 3.63) is 29.3 Å². The van der Waals surface area contributed by atoms with E-state index in [2.05, 4.69) is 10.6 Å². The van der Waals surface area contributed by atoms with Crippen molar-refractivity contribution in [2.45, 2.75) is 19.2 Å². The van der Waals surface area contributed by atoms with E-state index in [0.717, 1.165) is 23.0 Å². The summed E-state index contributed by atoms with van der Waals surface area (Å²) < 4.78 is 0. The molecular formula is C11H12N2O2S. The summed E-state index contributed by atoms with van der Waals surface area (Å²) in [7, 11) is 0. The molecule has 2 rings (SSSR count). The van der Waals surface area contributed by atoms with Crippen LogP contribution in [0.2, 0.25) is 0 Å². The highest BCUT2D eigenvalue weighted by Crippen LogP contribution is 2.24. The largest absolute Gasteiger partial charge is 0.365 e. The standard InChI is InChI=1S/C11H12N2O2S/c1-6-3-4-8(7(2)5-6)12-10-9(14)13-11(15)16-10/h3-5,10,12H,1-2H3,(H,13,14,15)/t10-/m0/s1. The Hall–Kier alpha value is -1.49. The van der Waals surface area contributed by atoms with Gasteiger partial charge in [0.1, 0.15) is 0 Å². The number of benzene rings is 1. The quantitative estimate of drug-likeness (QED) is 0.825. The predicted octanol–water partition coefficient (Wildman–Crippen LogP) is 2.02. The number of carbonyl (C=O) groups is 2. The molecule has 1 atom stereocenters. The van der Waals surface area contributed by atoms with Crippen molar-refractivity contribution < 1.29 is 9.59 Å². The molecule has 0 aliphatic carbocycles. The summed E-state index contributed by atoms with van der Waals surface area (Å²) in [5.74, 6) is -0.282. The van der Waals surface area contributed by atoms with Crippen LogP contribution in [0, 0.1) is 13.8 Å². The molecule has 16 heavy (non-hydrogen) atoms. The highest BCUT2D eigenvalue weighted by molar-refractivity contribution is 8.15. The van der Waals surface area contributed by atoms with Gasteiger partial charge in [0.05, 0.1) is 0 Å². The van der Waals surface area contributed by atoms with Gasteiger partial charge in [-0.15, -0.1) is 0 Å². The minimum absolute atomic E-state index is 0.282. The second-order valence-corrected chi connectivity index (χ2v) is 4.82. The fraction of sp³-hybridized carbons (Fsp3) is 0.273. The van der Waals surface area contributed by atoms with Crippen molar-refractivity contribution in [1.29, 1.82) is 0 Å². The normalized spacial score (nSPS) is 19.8. The second-order valence-electron chi connectivity index (χ2n) is 3.74. The third kappa shape index (κ3) is 2.19. The van der Waals surface area contributed by atoms with Gasteiger partial charge in [0, 0.05) is 5.69 Å². The molecule has 0 radical (unpaired) electrons. The Balaban J connectivity index is 2.15. The van der Waals surface area contributed by atoms with E-state index < -0.39 is 5.37 Å². The smallest absolute Gasteiger partial charge is 0.288 e. The summed E-state index contributed by atoms with van der Waals surface area (Å²) >= 11 is 0.971. The van der Waals surface area contributed by atoms with Gasteiger partial charge in [-0.3, -0.25) is 14.9 Å². The summed E-state index contributed by atoms with van der Waals surface area (Å²) in [6, 6.07) is 5.91. The maximum atomic E-state index is 11.4. The summed E-state index contributed by atoms with van der Waals surface area (Å²) in [4.78, 5) is 22.3. The molecule has 0 bridgehead atoms. The molecule has 0 aromatic heterocycles. The average molecular weight is 236 g/mol. The molecule has 0 unspecified atom stereocenters. The molecule has 1 saturated heterocycles. The number of carbonyl (C=O) groups excluding carboxylic acids is 2. The molecule has 84 valence electrons. The molecular weight excluding hydrogens is 224 g/mol. The van der Waals surface area contributed by atoms with Crippen molar-refractivity contribution in [1.82, 2.24) is 5.32 Å². The average Bonchev–Trinajstić information content (AvgIpc) is 2.50. The van der Waals surface area contributed by atoms with E-state index in [1.165, 1.54) is 5.56 Å². The van der Waals surface area contributed by atoms with Gasteiger partial charge >= 0.3 is 0 Å². The van der Waals surface area contributed by atoms with Gasteiger partial charge in [-0.1, -0.05) is 17.7 Å². The number of hydrogen-bond acceptors (Lipinski definition) is 4. The van der Waals surface area contributed by atoms with Gasteiger partial charge in [-0.2, -0.15) is 0 Å². The lowest BCUT2D eigenvalue weighted by atomic mass is 10.1. The van der Waals surface area contributed by atoms with E-state index in [9.17, 15) is 9.59 Å². The summed E-state index contributed by atoms with van der Waals surface area (Å²) in [6.45, 7) is 3.98. The molecule has 1 aliphatic rings. The van der Waals surface area contributed by atoms with Crippen LogP contribution in [-0.4, -0.2) is 16.5 Å². The summed E-state index contributed by atoms with van der Waals surface area (Å²) in [6.07, 6.45) is 0. The Morgan fingerprint density at radius 2 is 2.06 bits per heavy atom. The maximum absolute atomic E-state index is 11.4. The van der Waals surface area contributed by atoms with E-state index in [4.69, 9.17) is 0 Å². The first-order valence-electron chi connectivity index (χ1n) is 4.91. The highest BCUT2D eigenvalue weighted by Gasteiger charge is 2.31. The molecule has 0 saturated carbocycles. The molecule has 1 aliphatic heterocycles. The van der Waals surface area contributed by atoms with E-state index >= 15 is 0 Å². The molecule has 0 spiro atoms. The zero-order valence-electron chi connectivity index (χ0n) is 9.03. The zero-order chi connectivity index (χ0) is 11.7. The van der Waals surface area contributed by atoms with Crippen LogP contribution in [-0.2, 0) is 4.79 Å². The van der Waals surface area contributed by atoms with E-state index in [1.54, 1.807) is 0 Å². The van der Waals surface area contributed by atoms with Crippen molar-refractivity contribution in [3.63, 3.8) is 0 Å². The van der Waals surface area contributed by atoms with E-state index in [0.29, 0.717) is 0 Å². The van der Waals surface area contributed by atoms with Crippen LogP contribution in [0.15, 0.2) is 18.2 Å². The van der Waals surface area contributed by atoms with Crippen LogP contribution in [0.3, 0.4) is 0 Å². The molecule has 4 nitrogen and oxygen atoms in total. The number of amides is 2. The van der Waals surface area contributed by atoms with Crippen molar-refractivity contribution in [3.8, 4) is 0 Å². The Morgan fingerprint density at radius 3 is 2.62 bits per heavy atom. The molecule has 2 N–H and O–H groups in total. The van der Waals surface area contributed by atoms with Gasteiger partial charge in [0.25, 0.3) is 11.1 Å². The van der Waals surface area contributed by atoms with Gasteiger partial charge in [0.2, 0.25) is 0 Å². The fourth-order valence-electron chi connectivity index (χ4n) is 1.57. The van der Waals surface area contributed by atoms with Gasteiger partial charge in [-0.05, 0) is 37.2 Å². The summed E-state index contributed by atoms with van der Waals surface area (Å²) in [5, 5.41) is 4.47.